The molecular weight excluding hydrogens is 284 g/mol. The average molecular weight is 300 g/mol. The SMILES string of the molecule is Cc1ccccc1C(=O)OCC(=O)NC(=O)c1cccn1C. The summed E-state index contributed by atoms with van der Waals surface area (Å²) in [7, 11) is 1.69. The van der Waals surface area contributed by atoms with Gasteiger partial charge in [-0.1, -0.05) is 18.2 Å². The van der Waals surface area contributed by atoms with Gasteiger partial charge in [0.1, 0.15) is 5.69 Å². The normalized spacial score (nSPS) is 10.1. The zero-order valence-electron chi connectivity index (χ0n) is 12.3. The fraction of sp³-hybridized carbons (Fsp3) is 0.188. The van der Waals surface area contributed by atoms with Gasteiger partial charge in [-0.3, -0.25) is 14.9 Å². The number of imide groups is 1. The molecule has 2 amide bonds. The summed E-state index contributed by atoms with van der Waals surface area (Å²) in [4.78, 5) is 35.3. The molecule has 0 atom stereocenters. The van der Waals surface area contributed by atoms with E-state index in [1.165, 1.54) is 0 Å². The minimum atomic E-state index is -0.673. The Morgan fingerprint density at radius 1 is 1.14 bits per heavy atom. The van der Waals surface area contributed by atoms with E-state index in [4.69, 9.17) is 4.74 Å². The highest BCUT2D eigenvalue weighted by molar-refractivity contribution is 6.04. The summed E-state index contributed by atoms with van der Waals surface area (Å²) in [6, 6.07) is 10.2. The van der Waals surface area contributed by atoms with Crippen molar-refractivity contribution >= 4 is 17.8 Å². The lowest BCUT2D eigenvalue weighted by atomic mass is 10.1. The van der Waals surface area contributed by atoms with Crippen LogP contribution in [0.25, 0.3) is 0 Å². The van der Waals surface area contributed by atoms with Gasteiger partial charge in [-0.25, -0.2) is 4.79 Å². The van der Waals surface area contributed by atoms with Crippen molar-refractivity contribution in [2.75, 3.05) is 6.61 Å². The van der Waals surface area contributed by atoms with E-state index >= 15 is 0 Å². The van der Waals surface area contributed by atoms with E-state index in [9.17, 15) is 14.4 Å². The highest BCUT2D eigenvalue weighted by Gasteiger charge is 2.15. The second-order valence-electron chi connectivity index (χ2n) is 4.77. The van der Waals surface area contributed by atoms with E-state index in [1.807, 2.05) is 0 Å². The zero-order valence-corrected chi connectivity index (χ0v) is 12.3. The number of carbonyl (C=O) groups is 3. The first kappa shape index (κ1) is 15.5. The Morgan fingerprint density at radius 2 is 1.86 bits per heavy atom. The van der Waals surface area contributed by atoms with Crippen LogP contribution >= 0.6 is 0 Å². The van der Waals surface area contributed by atoms with Crippen LogP contribution in [0, 0.1) is 6.92 Å². The van der Waals surface area contributed by atoms with E-state index in [-0.39, 0.29) is 0 Å². The largest absolute Gasteiger partial charge is 0.452 e. The molecular formula is C16H16N2O4. The fourth-order valence-corrected chi connectivity index (χ4v) is 1.93. The fourth-order valence-electron chi connectivity index (χ4n) is 1.93. The Bertz CT molecular complexity index is 718. The van der Waals surface area contributed by atoms with Crippen molar-refractivity contribution < 1.29 is 19.1 Å². The third kappa shape index (κ3) is 3.60. The topological polar surface area (TPSA) is 77.4 Å². The number of ether oxygens (including phenoxy) is 1. The summed E-state index contributed by atoms with van der Waals surface area (Å²) in [5.74, 6) is -1.81. The van der Waals surface area contributed by atoms with Crippen LogP contribution in [0.3, 0.4) is 0 Å². The second-order valence-corrected chi connectivity index (χ2v) is 4.77. The predicted molar refractivity (Wildman–Crippen MR) is 79.3 cm³/mol. The Balaban J connectivity index is 1.88. The van der Waals surface area contributed by atoms with Crippen LogP contribution in [-0.4, -0.2) is 29.0 Å². The molecule has 1 heterocycles. The molecule has 0 fully saturated rings. The standard InChI is InChI=1S/C16H16N2O4/c1-11-6-3-4-7-12(11)16(21)22-10-14(19)17-15(20)13-8-5-9-18(13)2/h3-9H,10H2,1-2H3,(H,17,19,20). The number of hydrogen-bond donors (Lipinski definition) is 1. The molecule has 0 aliphatic rings. The van der Waals surface area contributed by atoms with Crippen LogP contribution in [0.1, 0.15) is 26.4 Å². The molecule has 0 saturated heterocycles. The Morgan fingerprint density at radius 3 is 2.50 bits per heavy atom. The number of aromatic nitrogens is 1. The summed E-state index contributed by atoms with van der Waals surface area (Å²) >= 11 is 0. The number of benzene rings is 1. The first-order valence-corrected chi connectivity index (χ1v) is 6.67. The molecule has 6 nitrogen and oxygen atoms in total. The monoisotopic (exact) mass is 300 g/mol. The van der Waals surface area contributed by atoms with Gasteiger partial charge in [0.25, 0.3) is 11.8 Å². The molecule has 6 heteroatoms. The van der Waals surface area contributed by atoms with Gasteiger partial charge in [0.05, 0.1) is 5.56 Å². The minimum absolute atomic E-state index is 0.346. The van der Waals surface area contributed by atoms with Gasteiger partial charge in [0.15, 0.2) is 6.61 Å². The molecule has 0 radical (unpaired) electrons. The number of amides is 2. The van der Waals surface area contributed by atoms with Crippen LogP contribution in [0.15, 0.2) is 42.6 Å². The van der Waals surface area contributed by atoms with Crippen LogP contribution in [0.4, 0.5) is 0 Å². The van der Waals surface area contributed by atoms with Gasteiger partial charge in [0.2, 0.25) is 0 Å². The lowest BCUT2D eigenvalue weighted by Crippen LogP contribution is -2.35. The van der Waals surface area contributed by atoms with Gasteiger partial charge < -0.3 is 9.30 Å². The maximum Gasteiger partial charge on any atom is 0.338 e. The summed E-state index contributed by atoms with van der Waals surface area (Å²) in [5, 5.41) is 2.17. The number of nitrogens with zero attached hydrogens (tertiary/aromatic N) is 1. The molecule has 0 saturated carbocycles. The number of rotatable bonds is 4. The average Bonchev–Trinajstić information content (AvgIpc) is 2.91. The molecule has 0 spiro atoms. The van der Waals surface area contributed by atoms with Crippen molar-refractivity contribution in [3.63, 3.8) is 0 Å². The van der Waals surface area contributed by atoms with Crippen molar-refractivity contribution in [3.05, 3.63) is 59.4 Å². The highest BCUT2D eigenvalue weighted by Crippen LogP contribution is 2.08. The number of hydrogen-bond acceptors (Lipinski definition) is 4. The zero-order chi connectivity index (χ0) is 16.1. The maximum absolute atomic E-state index is 11.8. The van der Waals surface area contributed by atoms with Crippen molar-refractivity contribution in [1.82, 2.24) is 9.88 Å². The van der Waals surface area contributed by atoms with Crippen molar-refractivity contribution in [2.45, 2.75) is 6.92 Å². The molecule has 0 bridgehead atoms. The molecule has 22 heavy (non-hydrogen) atoms. The van der Waals surface area contributed by atoms with Crippen molar-refractivity contribution in [3.8, 4) is 0 Å². The minimum Gasteiger partial charge on any atom is -0.452 e. The number of aryl methyl sites for hydroxylation is 2. The molecule has 0 unspecified atom stereocenters. The predicted octanol–water partition coefficient (Wildman–Crippen LogP) is 1.45. The van der Waals surface area contributed by atoms with Crippen LogP contribution < -0.4 is 5.32 Å². The summed E-state index contributed by atoms with van der Waals surface area (Å²) in [5.41, 5.74) is 1.50. The molecule has 1 aromatic carbocycles. The van der Waals surface area contributed by atoms with E-state index < -0.39 is 24.4 Å². The second kappa shape index (κ2) is 6.71. The maximum atomic E-state index is 11.8. The molecule has 1 aromatic heterocycles. The third-order valence-electron chi connectivity index (χ3n) is 3.13. The lowest BCUT2D eigenvalue weighted by molar-refractivity contribution is -0.123. The van der Waals surface area contributed by atoms with E-state index in [0.717, 1.165) is 5.56 Å². The number of esters is 1. The smallest absolute Gasteiger partial charge is 0.338 e. The molecule has 2 rings (SSSR count). The lowest BCUT2D eigenvalue weighted by Gasteiger charge is -2.07. The Hall–Kier alpha value is -2.89. The third-order valence-corrected chi connectivity index (χ3v) is 3.13. The molecule has 0 aliphatic carbocycles. The summed E-state index contributed by atoms with van der Waals surface area (Å²) < 4.78 is 6.49. The molecule has 1 N–H and O–H groups in total. The van der Waals surface area contributed by atoms with Crippen molar-refractivity contribution in [2.24, 2.45) is 7.05 Å². The Labute approximate surface area is 127 Å². The molecule has 2 aromatic rings. The van der Waals surface area contributed by atoms with Gasteiger partial charge in [-0.15, -0.1) is 0 Å². The van der Waals surface area contributed by atoms with Gasteiger partial charge in [0, 0.05) is 13.2 Å². The summed E-state index contributed by atoms with van der Waals surface area (Å²) in [6.07, 6.45) is 1.69. The molecule has 0 aliphatic heterocycles. The first-order chi connectivity index (χ1) is 10.5. The van der Waals surface area contributed by atoms with Crippen molar-refractivity contribution in [1.29, 1.82) is 0 Å². The highest BCUT2D eigenvalue weighted by atomic mass is 16.5. The quantitative estimate of drug-likeness (QED) is 0.867. The van der Waals surface area contributed by atoms with Crippen LogP contribution in [-0.2, 0) is 16.6 Å². The van der Waals surface area contributed by atoms with Gasteiger partial charge in [-0.05, 0) is 30.7 Å². The van der Waals surface area contributed by atoms with E-state index in [1.54, 1.807) is 61.1 Å². The summed E-state index contributed by atoms with van der Waals surface area (Å²) in [6.45, 7) is 1.26. The van der Waals surface area contributed by atoms with E-state index in [2.05, 4.69) is 5.32 Å². The first-order valence-electron chi connectivity index (χ1n) is 6.67. The van der Waals surface area contributed by atoms with Gasteiger partial charge in [-0.2, -0.15) is 0 Å². The van der Waals surface area contributed by atoms with Gasteiger partial charge >= 0.3 is 5.97 Å². The van der Waals surface area contributed by atoms with Crippen LogP contribution in [0.5, 0.6) is 0 Å². The number of nitrogens with one attached hydrogen (secondary N) is 1. The molecule has 114 valence electrons. The van der Waals surface area contributed by atoms with Crippen LogP contribution in [0.2, 0.25) is 0 Å². The van der Waals surface area contributed by atoms with E-state index in [0.29, 0.717) is 11.3 Å². The Kier molecular flexibility index (Phi) is 4.73. The number of carbonyl (C=O) groups excluding carboxylic acids is 3.